The highest BCUT2D eigenvalue weighted by molar-refractivity contribution is 6.36. The quantitative estimate of drug-likeness (QED) is 0.669. The van der Waals surface area contributed by atoms with E-state index in [0.29, 0.717) is 5.02 Å². The van der Waals surface area contributed by atoms with Gasteiger partial charge in [0, 0.05) is 11.1 Å². The van der Waals surface area contributed by atoms with E-state index in [0.717, 1.165) is 25.7 Å². The van der Waals surface area contributed by atoms with Crippen molar-refractivity contribution in [3.8, 4) is 0 Å². The predicted molar refractivity (Wildman–Crippen MR) is 106 cm³/mol. The molecule has 27 heavy (non-hydrogen) atoms. The third-order valence-electron chi connectivity index (χ3n) is 4.50. The van der Waals surface area contributed by atoms with Crippen molar-refractivity contribution in [2.75, 3.05) is 13.1 Å². The molecular weight excluding hydrogens is 389 g/mol. The molecule has 3 N–H and O–H groups in total. The van der Waals surface area contributed by atoms with E-state index in [9.17, 15) is 14.4 Å². The highest BCUT2D eigenvalue weighted by Crippen LogP contribution is 2.20. The monoisotopic (exact) mass is 413 g/mol. The van der Waals surface area contributed by atoms with Gasteiger partial charge < -0.3 is 16.0 Å². The van der Waals surface area contributed by atoms with Gasteiger partial charge in [-0.3, -0.25) is 14.4 Å². The zero-order valence-electron chi connectivity index (χ0n) is 15.2. The van der Waals surface area contributed by atoms with Gasteiger partial charge in [-0.1, -0.05) is 55.3 Å². The average Bonchev–Trinajstić information content (AvgIpc) is 2.60. The van der Waals surface area contributed by atoms with Crippen LogP contribution in [0.15, 0.2) is 18.2 Å². The summed E-state index contributed by atoms with van der Waals surface area (Å²) >= 11 is 11.7. The summed E-state index contributed by atoms with van der Waals surface area (Å²) in [5.74, 6) is -1.13. The normalized spacial score (nSPS) is 15.3. The molecule has 1 aliphatic carbocycles. The highest BCUT2D eigenvalue weighted by atomic mass is 35.5. The maximum Gasteiger partial charge on any atom is 0.253 e. The molecule has 6 nitrogen and oxygen atoms in total. The second-order valence-electron chi connectivity index (χ2n) is 6.69. The molecule has 0 aliphatic heterocycles. The second kappa shape index (κ2) is 11.1. The number of carbonyl (C=O) groups excluding carboxylic acids is 3. The Bertz CT molecular complexity index is 674. The van der Waals surface area contributed by atoms with E-state index in [4.69, 9.17) is 23.2 Å². The molecule has 0 unspecified atom stereocenters. The van der Waals surface area contributed by atoms with Crippen molar-refractivity contribution < 1.29 is 14.4 Å². The third kappa shape index (κ3) is 7.77. The summed E-state index contributed by atoms with van der Waals surface area (Å²) in [6.07, 6.45) is 7.90. The SMILES string of the molecule is O=C(CNC(=O)c1ccc(Cl)cc1Cl)NCC(=O)NC1CCCCCCC1. The molecule has 1 aromatic carbocycles. The zero-order chi connectivity index (χ0) is 19.6. The summed E-state index contributed by atoms with van der Waals surface area (Å²) in [5, 5.41) is 8.58. The van der Waals surface area contributed by atoms with Crippen LogP contribution in [-0.4, -0.2) is 36.9 Å². The van der Waals surface area contributed by atoms with E-state index in [2.05, 4.69) is 16.0 Å². The summed E-state index contributed by atoms with van der Waals surface area (Å²) < 4.78 is 0. The highest BCUT2D eigenvalue weighted by Gasteiger charge is 2.15. The van der Waals surface area contributed by atoms with Gasteiger partial charge >= 0.3 is 0 Å². The number of halogens is 2. The number of rotatable bonds is 6. The predicted octanol–water partition coefficient (Wildman–Crippen LogP) is 3.07. The molecule has 2 rings (SSSR count). The maximum absolute atomic E-state index is 12.0. The van der Waals surface area contributed by atoms with E-state index in [-0.39, 0.29) is 35.6 Å². The molecule has 1 aliphatic rings. The first-order valence-corrected chi connectivity index (χ1v) is 10.0. The molecule has 8 heteroatoms. The van der Waals surface area contributed by atoms with E-state index in [1.54, 1.807) is 6.07 Å². The third-order valence-corrected chi connectivity index (χ3v) is 5.05. The second-order valence-corrected chi connectivity index (χ2v) is 7.54. The van der Waals surface area contributed by atoms with E-state index < -0.39 is 11.8 Å². The Balaban J connectivity index is 1.69. The summed E-state index contributed by atoms with van der Waals surface area (Å²) in [7, 11) is 0. The smallest absolute Gasteiger partial charge is 0.253 e. The fourth-order valence-corrected chi connectivity index (χ4v) is 3.54. The maximum atomic E-state index is 12.0. The lowest BCUT2D eigenvalue weighted by Gasteiger charge is -2.21. The molecule has 0 aromatic heterocycles. The van der Waals surface area contributed by atoms with Crippen molar-refractivity contribution in [2.24, 2.45) is 0 Å². The number of hydrogen-bond donors (Lipinski definition) is 3. The lowest BCUT2D eigenvalue weighted by molar-refractivity contribution is -0.126. The molecule has 0 atom stereocenters. The Hall–Kier alpha value is -1.79. The molecule has 0 radical (unpaired) electrons. The minimum Gasteiger partial charge on any atom is -0.352 e. The molecule has 3 amide bonds. The molecule has 0 saturated heterocycles. The van der Waals surface area contributed by atoms with E-state index in [1.807, 2.05) is 0 Å². The Labute approximate surface area is 169 Å². The standard InChI is InChI=1S/C19H25Cl2N3O3/c20-13-8-9-15(16(21)10-13)19(27)23-11-17(25)22-12-18(26)24-14-6-4-2-1-3-5-7-14/h8-10,14H,1-7,11-12H2,(H,22,25)(H,23,27)(H,24,26). The van der Waals surface area contributed by atoms with Crippen LogP contribution in [0, 0.1) is 0 Å². The van der Waals surface area contributed by atoms with Crippen molar-refractivity contribution in [3.05, 3.63) is 33.8 Å². The summed E-state index contributed by atoms with van der Waals surface area (Å²) in [5.41, 5.74) is 0.232. The minimum absolute atomic E-state index is 0.104. The van der Waals surface area contributed by atoms with E-state index in [1.165, 1.54) is 31.4 Å². The van der Waals surface area contributed by atoms with Gasteiger partial charge in [0.1, 0.15) is 0 Å². The van der Waals surface area contributed by atoms with Crippen LogP contribution >= 0.6 is 23.2 Å². The van der Waals surface area contributed by atoms with E-state index >= 15 is 0 Å². The van der Waals surface area contributed by atoms with Gasteiger partial charge in [-0.15, -0.1) is 0 Å². The fourth-order valence-electron chi connectivity index (χ4n) is 3.05. The van der Waals surface area contributed by atoms with Crippen LogP contribution in [0.2, 0.25) is 10.0 Å². The van der Waals surface area contributed by atoms with Gasteiger partial charge in [0.25, 0.3) is 5.91 Å². The summed E-state index contributed by atoms with van der Waals surface area (Å²) in [6.45, 7) is -0.346. The van der Waals surface area contributed by atoms with Gasteiger partial charge in [0.05, 0.1) is 23.7 Å². The average molecular weight is 414 g/mol. The summed E-state index contributed by atoms with van der Waals surface area (Å²) in [4.78, 5) is 35.9. The first-order chi connectivity index (χ1) is 13.0. The number of carbonyl (C=O) groups is 3. The molecule has 148 valence electrons. The first-order valence-electron chi connectivity index (χ1n) is 9.25. The molecule has 0 heterocycles. The molecule has 1 saturated carbocycles. The van der Waals surface area contributed by atoms with Gasteiger partial charge in [0.15, 0.2) is 0 Å². The molecule has 1 aromatic rings. The van der Waals surface area contributed by atoms with Crippen molar-refractivity contribution in [2.45, 2.75) is 51.0 Å². The molecule has 1 fully saturated rings. The number of hydrogen-bond acceptors (Lipinski definition) is 3. The summed E-state index contributed by atoms with van der Waals surface area (Å²) in [6, 6.07) is 4.67. The van der Waals surface area contributed by atoms with Crippen molar-refractivity contribution in [3.63, 3.8) is 0 Å². The minimum atomic E-state index is -0.481. The number of nitrogens with one attached hydrogen (secondary N) is 3. The Kier molecular flexibility index (Phi) is 8.88. The zero-order valence-corrected chi connectivity index (χ0v) is 16.7. The molecule has 0 spiro atoms. The van der Waals surface area contributed by atoms with Gasteiger partial charge in [-0.25, -0.2) is 0 Å². The van der Waals surface area contributed by atoms with Crippen LogP contribution in [-0.2, 0) is 9.59 Å². The molecular formula is C19H25Cl2N3O3. The van der Waals surface area contributed by atoms with Crippen LogP contribution in [0.5, 0.6) is 0 Å². The van der Waals surface area contributed by atoms with Crippen LogP contribution in [0.4, 0.5) is 0 Å². The Morgan fingerprint density at radius 1 is 0.889 bits per heavy atom. The van der Waals surface area contributed by atoms with Crippen LogP contribution < -0.4 is 16.0 Å². The number of benzene rings is 1. The van der Waals surface area contributed by atoms with Gasteiger partial charge in [0.2, 0.25) is 11.8 Å². The largest absolute Gasteiger partial charge is 0.352 e. The lowest BCUT2D eigenvalue weighted by atomic mass is 9.97. The van der Waals surface area contributed by atoms with Gasteiger partial charge in [-0.05, 0) is 31.0 Å². The van der Waals surface area contributed by atoms with Crippen molar-refractivity contribution >= 4 is 40.9 Å². The Morgan fingerprint density at radius 3 is 2.19 bits per heavy atom. The fraction of sp³-hybridized carbons (Fsp3) is 0.526. The van der Waals surface area contributed by atoms with Crippen LogP contribution in [0.3, 0.4) is 0 Å². The topological polar surface area (TPSA) is 87.3 Å². The van der Waals surface area contributed by atoms with Crippen LogP contribution in [0.1, 0.15) is 55.3 Å². The molecule has 0 bridgehead atoms. The lowest BCUT2D eigenvalue weighted by Crippen LogP contribution is -2.44. The van der Waals surface area contributed by atoms with Crippen LogP contribution in [0.25, 0.3) is 0 Å². The van der Waals surface area contributed by atoms with Gasteiger partial charge in [-0.2, -0.15) is 0 Å². The van der Waals surface area contributed by atoms with Crippen molar-refractivity contribution in [1.82, 2.24) is 16.0 Å². The Morgan fingerprint density at radius 2 is 1.52 bits per heavy atom. The first kappa shape index (κ1) is 21.5. The van der Waals surface area contributed by atoms with Crippen molar-refractivity contribution in [1.29, 1.82) is 0 Å². The number of amides is 3.